The van der Waals surface area contributed by atoms with E-state index in [4.69, 9.17) is 9.47 Å². The zero-order chi connectivity index (χ0) is 16.0. The molecule has 1 fully saturated rings. The predicted octanol–water partition coefficient (Wildman–Crippen LogP) is 4.51. The zero-order valence-corrected chi connectivity index (χ0v) is 14.6. The van der Waals surface area contributed by atoms with Crippen molar-refractivity contribution in [3.63, 3.8) is 0 Å². The lowest BCUT2D eigenvalue weighted by Gasteiger charge is -2.31. The number of hydrogen-bond acceptors (Lipinski definition) is 3. The maximum Gasteiger partial charge on any atom is 0.309 e. The molecule has 1 aliphatic rings. The van der Waals surface area contributed by atoms with Crippen molar-refractivity contribution in [2.24, 2.45) is 11.8 Å². The molecule has 0 aromatic carbocycles. The number of allylic oxidation sites excluding steroid dienone is 1. The average Bonchev–Trinajstić information content (AvgIpc) is 2.30. The molecule has 1 atom stereocenters. The van der Waals surface area contributed by atoms with E-state index in [1.54, 1.807) is 0 Å². The zero-order valence-electron chi connectivity index (χ0n) is 14.6. The third-order valence-electron chi connectivity index (χ3n) is 3.97. The highest BCUT2D eigenvalue weighted by molar-refractivity contribution is 5.73. The van der Waals surface area contributed by atoms with Gasteiger partial charge in [-0.15, -0.1) is 0 Å². The van der Waals surface area contributed by atoms with Gasteiger partial charge in [-0.1, -0.05) is 33.3 Å². The molecule has 0 aromatic heterocycles. The predicted molar refractivity (Wildman–Crippen MR) is 86.1 cm³/mol. The molecule has 3 nitrogen and oxygen atoms in total. The van der Waals surface area contributed by atoms with Gasteiger partial charge < -0.3 is 9.47 Å². The Hall–Kier alpha value is -0.830. The summed E-state index contributed by atoms with van der Waals surface area (Å²) in [5, 5.41) is 0. The highest BCUT2D eigenvalue weighted by Crippen LogP contribution is 2.28. The molecule has 0 bridgehead atoms. The highest BCUT2D eigenvalue weighted by Gasteiger charge is 2.30. The molecule has 0 N–H and O–H groups in total. The summed E-state index contributed by atoms with van der Waals surface area (Å²) in [4.78, 5) is 11.8. The van der Waals surface area contributed by atoms with Gasteiger partial charge in [0.15, 0.2) is 0 Å². The molecular formula is C18H32O3. The van der Waals surface area contributed by atoms with Crippen molar-refractivity contribution in [2.75, 3.05) is 6.61 Å². The normalized spacial score (nSPS) is 18.5. The molecule has 1 rings (SSSR count). The minimum atomic E-state index is -0.454. The van der Waals surface area contributed by atoms with E-state index < -0.39 is 5.60 Å². The van der Waals surface area contributed by atoms with Crippen molar-refractivity contribution >= 4 is 5.97 Å². The summed E-state index contributed by atoms with van der Waals surface area (Å²) in [7, 11) is 0. The molecule has 0 heterocycles. The van der Waals surface area contributed by atoms with Gasteiger partial charge in [0.05, 0.1) is 17.6 Å². The Kier molecular flexibility index (Phi) is 6.92. The first-order valence-electron chi connectivity index (χ1n) is 8.30. The van der Waals surface area contributed by atoms with Crippen LogP contribution in [0.25, 0.3) is 0 Å². The van der Waals surface area contributed by atoms with E-state index in [1.807, 2.05) is 13.8 Å². The van der Waals surface area contributed by atoms with Gasteiger partial charge >= 0.3 is 5.97 Å². The Balaban J connectivity index is 2.47. The van der Waals surface area contributed by atoms with Gasteiger partial charge in [-0.3, -0.25) is 4.79 Å². The summed E-state index contributed by atoms with van der Waals surface area (Å²) in [6, 6.07) is 0. The third-order valence-corrected chi connectivity index (χ3v) is 3.97. The van der Waals surface area contributed by atoms with Gasteiger partial charge in [0.2, 0.25) is 0 Å². The molecular weight excluding hydrogens is 264 g/mol. The first-order chi connectivity index (χ1) is 9.75. The van der Waals surface area contributed by atoms with E-state index in [0.29, 0.717) is 12.5 Å². The van der Waals surface area contributed by atoms with E-state index >= 15 is 0 Å². The van der Waals surface area contributed by atoms with Crippen molar-refractivity contribution in [2.45, 2.75) is 78.9 Å². The maximum absolute atomic E-state index is 11.8. The maximum atomic E-state index is 11.8. The van der Waals surface area contributed by atoms with Crippen LogP contribution in [0.5, 0.6) is 0 Å². The van der Waals surface area contributed by atoms with Gasteiger partial charge in [-0.2, -0.15) is 0 Å². The number of hydrogen-bond donors (Lipinski definition) is 0. The molecule has 0 radical (unpaired) electrons. The quantitative estimate of drug-likeness (QED) is 0.488. The summed E-state index contributed by atoms with van der Waals surface area (Å²) in [6.07, 6.45) is 6.41. The van der Waals surface area contributed by atoms with Gasteiger partial charge in [0, 0.05) is 0 Å². The Bertz CT molecular complexity index is 365. The van der Waals surface area contributed by atoms with E-state index in [0.717, 1.165) is 25.7 Å². The molecule has 21 heavy (non-hydrogen) atoms. The molecule has 0 aliphatic heterocycles. The largest absolute Gasteiger partial charge is 0.462 e. The van der Waals surface area contributed by atoms with Gasteiger partial charge in [0.1, 0.15) is 6.61 Å². The van der Waals surface area contributed by atoms with Gasteiger partial charge in [0.25, 0.3) is 0 Å². The summed E-state index contributed by atoms with van der Waals surface area (Å²) < 4.78 is 11.6. The van der Waals surface area contributed by atoms with Crippen LogP contribution in [0.4, 0.5) is 0 Å². The highest BCUT2D eigenvalue weighted by atomic mass is 16.6. The average molecular weight is 296 g/mol. The number of rotatable bonds is 8. The molecule has 0 aromatic rings. The minimum Gasteiger partial charge on any atom is -0.462 e. The summed E-state index contributed by atoms with van der Waals surface area (Å²) in [6.45, 7) is 12.9. The van der Waals surface area contributed by atoms with Gasteiger partial charge in [-0.05, 0) is 51.5 Å². The summed E-state index contributed by atoms with van der Waals surface area (Å²) in [5.74, 6) is 0.592. The Labute approximate surface area is 130 Å². The lowest BCUT2D eigenvalue weighted by molar-refractivity contribution is -0.163. The summed E-state index contributed by atoms with van der Waals surface area (Å²) in [5.41, 5.74) is 0.854. The molecule has 0 saturated heterocycles. The SMILES string of the molecule is CCC(=CC(C)C)[C@@H](C)OC(C)(C)COC(=O)C1CCC1. The first kappa shape index (κ1) is 18.2. The van der Waals surface area contributed by atoms with Crippen molar-refractivity contribution in [1.82, 2.24) is 0 Å². The van der Waals surface area contributed by atoms with Crippen LogP contribution in [0.1, 0.15) is 67.2 Å². The number of esters is 1. The van der Waals surface area contributed by atoms with E-state index in [1.165, 1.54) is 5.57 Å². The fraction of sp³-hybridized carbons (Fsp3) is 0.833. The fourth-order valence-electron chi connectivity index (χ4n) is 2.56. The molecule has 0 spiro atoms. The lowest BCUT2D eigenvalue weighted by Crippen LogP contribution is -2.37. The van der Waals surface area contributed by atoms with E-state index in [2.05, 4.69) is 33.8 Å². The van der Waals surface area contributed by atoms with Crippen LogP contribution in [0.3, 0.4) is 0 Å². The van der Waals surface area contributed by atoms with Crippen LogP contribution in [0.15, 0.2) is 11.6 Å². The number of ether oxygens (including phenoxy) is 2. The Morgan fingerprint density at radius 1 is 1.29 bits per heavy atom. The Morgan fingerprint density at radius 2 is 1.90 bits per heavy atom. The van der Waals surface area contributed by atoms with Crippen LogP contribution in [0, 0.1) is 11.8 Å². The smallest absolute Gasteiger partial charge is 0.309 e. The van der Waals surface area contributed by atoms with Gasteiger partial charge in [-0.25, -0.2) is 0 Å². The van der Waals surface area contributed by atoms with Crippen LogP contribution in [-0.2, 0) is 14.3 Å². The molecule has 122 valence electrons. The van der Waals surface area contributed by atoms with Crippen molar-refractivity contribution in [1.29, 1.82) is 0 Å². The third kappa shape index (κ3) is 6.21. The van der Waals surface area contributed by atoms with Crippen LogP contribution >= 0.6 is 0 Å². The topological polar surface area (TPSA) is 35.5 Å². The van der Waals surface area contributed by atoms with Crippen LogP contribution < -0.4 is 0 Å². The minimum absolute atomic E-state index is 0.0507. The first-order valence-corrected chi connectivity index (χ1v) is 8.30. The van der Waals surface area contributed by atoms with Crippen molar-refractivity contribution in [3.8, 4) is 0 Å². The standard InChI is InChI=1S/C18H32O3/c1-7-15(11-13(2)3)14(4)21-18(5,6)12-20-17(19)16-9-8-10-16/h11,13-14,16H,7-10,12H2,1-6H3/t14-/m1/s1. The lowest BCUT2D eigenvalue weighted by atomic mass is 9.86. The summed E-state index contributed by atoms with van der Waals surface area (Å²) >= 11 is 0. The van der Waals surface area contributed by atoms with E-state index in [9.17, 15) is 4.79 Å². The number of carbonyl (C=O) groups excluding carboxylic acids is 1. The molecule has 0 unspecified atom stereocenters. The second-order valence-electron chi connectivity index (χ2n) is 7.09. The molecule has 0 amide bonds. The van der Waals surface area contributed by atoms with E-state index in [-0.39, 0.29) is 18.0 Å². The van der Waals surface area contributed by atoms with Crippen LogP contribution in [0.2, 0.25) is 0 Å². The monoisotopic (exact) mass is 296 g/mol. The van der Waals surface area contributed by atoms with Crippen molar-refractivity contribution in [3.05, 3.63) is 11.6 Å². The Morgan fingerprint density at radius 3 is 2.33 bits per heavy atom. The van der Waals surface area contributed by atoms with Crippen molar-refractivity contribution < 1.29 is 14.3 Å². The second-order valence-corrected chi connectivity index (χ2v) is 7.09. The molecule has 1 saturated carbocycles. The second kappa shape index (κ2) is 7.98. The van der Waals surface area contributed by atoms with Crippen LogP contribution in [-0.4, -0.2) is 24.3 Å². The molecule has 3 heteroatoms. The molecule has 1 aliphatic carbocycles. The number of carbonyl (C=O) groups is 1. The fourth-order valence-corrected chi connectivity index (χ4v) is 2.56.